The molecular weight excluding hydrogens is 260 g/mol. The quantitative estimate of drug-likeness (QED) is 0.905. The predicted octanol–water partition coefficient (Wildman–Crippen LogP) is 2.77. The van der Waals surface area contributed by atoms with Crippen molar-refractivity contribution >= 4 is 0 Å². The van der Waals surface area contributed by atoms with Crippen molar-refractivity contribution < 1.29 is 0 Å². The highest BCUT2D eigenvalue weighted by atomic mass is 15.3. The van der Waals surface area contributed by atoms with E-state index in [1.54, 1.807) is 0 Å². The molecular formula is C17H30N4. The molecule has 1 aliphatic rings. The maximum absolute atomic E-state index is 4.59. The molecule has 4 heteroatoms. The molecule has 0 aliphatic carbocycles. The van der Waals surface area contributed by atoms with Gasteiger partial charge in [-0.2, -0.15) is 0 Å². The molecule has 1 fully saturated rings. The van der Waals surface area contributed by atoms with Gasteiger partial charge in [-0.15, -0.1) is 0 Å². The molecule has 0 bridgehead atoms. The minimum absolute atomic E-state index is 0.257. The molecule has 1 aromatic rings. The van der Waals surface area contributed by atoms with Gasteiger partial charge < -0.3 is 5.32 Å². The fraction of sp³-hybridized carbons (Fsp3) is 0.765. The van der Waals surface area contributed by atoms with E-state index in [1.165, 1.54) is 12.8 Å². The zero-order valence-electron chi connectivity index (χ0n) is 14.2. The Balaban J connectivity index is 2.18. The first-order valence-electron chi connectivity index (χ1n) is 8.27. The Labute approximate surface area is 129 Å². The minimum atomic E-state index is 0.257. The Bertz CT molecular complexity index is 454. The molecule has 0 aromatic carbocycles. The van der Waals surface area contributed by atoms with Gasteiger partial charge in [0.1, 0.15) is 5.82 Å². The average molecular weight is 290 g/mol. The van der Waals surface area contributed by atoms with Gasteiger partial charge in [0.25, 0.3) is 0 Å². The molecule has 1 unspecified atom stereocenters. The maximum Gasteiger partial charge on any atom is 0.125 e. The molecule has 1 N–H and O–H groups in total. The molecule has 1 aromatic heterocycles. The topological polar surface area (TPSA) is 41.1 Å². The summed E-state index contributed by atoms with van der Waals surface area (Å²) in [6.07, 6.45) is 4.22. The van der Waals surface area contributed by atoms with Crippen LogP contribution in [0.2, 0.25) is 0 Å². The zero-order valence-corrected chi connectivity index (χ0v) is 14.2. The molecule has 0 saturated carbocycles. The van der Waals surface area contributed by atoms with E-state index in [0.717, 1.165) is 31.2 Å². The maximum atomic E-state index is 4.59. The molecule has 4 nitrogen and oxygen atoms in total. The summed E-state index contributed by atoms with van der Waals surface area (Å²) < 4.78 is 0. The molecule has 21 heavy (non-hydrogen) atoms. The summed E-state index contributed by atoms with van der Waals surface area (Å²) in [5, 5.41) is 3.82. The van der Waals surface area contributed by atoms with Crippen LogP contribution in [0.5, 0.6) is 0 Å². The molecule has 1 saturated heterocycles. The Hall–Kier alpha value is -1.00. The van der Waals surface area contributed by atoms with E-state index in [4.69, 9.17) is 0 Å². The summed E-state index contributed by atoms with van der Waals surface area (Å²) in [5.74, 6) is 1.51. The highest BCUT2D eigenvalue weighted by Gasteiger charge is 2.37. The largest absolute Gasteiger partial charge is 0.308 e. The second-order valence-corrected chi connectivity index (χ2v) is 6.68. The molecule has 1 aliphatic heterocycles. The van der Waals surface area contributed by atoms with Gasteiger partial charge in [-0.05, 0) is 31.7 Å². The summed E-state index contributed by atoms with van der Waals surface area (Å²) >= 11 is 0. The number of rotatable bonds is 5. The van der Waals surface area contributed by atoms with E-state index >= 15 is 0 Å². The summed E-state index contributed by atoms with van der Waals surface area (Å²) in [6.45, 7) is 14.3. The number of aryl methyl sites for hydroxylation is 1. The first-order valence-corrected chi connectivity index (χ1v) is 8.27. The number of hydrogen-bond acceptors (Lipinski definition) is 4. The van der Waals surface area contributed by atoms with Gasteiger partial charge in [-0.1, -0.05) is 27.7 Å². The van der Waals surface area contributed by atoms with Crippen molar-refractivity contribution in [3.05, 3.63) is 23.8 Å². The fourth-order valence-electron chi connectivity index (χ4n) is 3.37. The molecule has 0 spiro atoms. The van der Waals surface area contributed by atoms with Gasteiger partial charge >= 0.3 is 0 Å². The summed E-state index contributed by atoms with van der Waals surface area (Å²) in [5.41, 5.74) is 1.39. The van der Waals surface area contributed by atoms with Crippen molar-refractivity contribution in [3.8, 4) is 0 Å². The fourth-order valence-corrected chi connectivity index (χ4v) is 3.37. The van der Waals surface area contributed by atoms with Gasteiger partial charge in [0.05, 0.1) is 5.69 Å². The highest BCUT2D eigenvalue weighted by Crippen LogP contribution is 2.26. The zero-order chi connectivity index (χ0) is 15.5. The van der Waals surface area contributed by atoms with Crippen LogP contribution in [0.4, 0.5) is 0 Å². The molecule has 1 atom stereocenters. The van der Waals surface area contributed by atoms with Crippen LogP contribution in [0.3, 0.4) is 0 Å². The van der Waals surface area contributed by atoms with Gasteiger partial charge in [-0.25, -0.2) is 9.97 Å². The summed E-state index contributed by atoms with van der Waals surface area (Å²) in [7, 11) is 0. The van der Waals surface area contributed by atoms with Gasteiger partial charge in [-0.3, -0.25) is 4.90 Å². The minimum Gasteiger partial charge on any atom is -0.308 e. The van der Waals surface area contributed by atoms with E-state index in [1.807, 2.05) is 19.2 Å². The van der Waals surface area contributed by atoms with Crippen LogP contribution in [0.25, 0.3) is 0 Å². The van der Waals surface area contributed by atoms with Gasteiger partial charge in [0.15, 0.2) is 0 Å². The lowest BCUT2D eigenvalue weighted by molar-refractivity contribution is 0.0433. The van der Waals surface area contributed by atoms with Crippen LogP contribution in [0.15, 0.2) is 12.3 Å². The van der Waals surface area contributed by atoms with Crippen molar-refractivity contribution in [2.24, 2.45) is 5.92 Å². The number of nitrogens with zero attached hydrogens (tertiary/aromatic N) is 3. The van der Waals surface area contributed by atoms with Crippen LogP contribution < -0.4 is 5.32 Å². The first-order chi connectivity index (χ1) is 9.99. The van der Waals surface area contributed by atoms with Crippen molar-refractivity contribution in [1.82, 2.24) is 20.2 Å². The van der Waals surface area contributed by atoms with Crippen LogP contribution in [0.1, 0.15) is 52.1 Å². The van der Waals surface area contributed by atoms with Crippen molar-refractivity contribution in [2.75, 3.05) is 13.1 Å². The third-order valence-corrected chi connectivity index (χ3v) is 4.98. The van der Waals surface area contributed by atoms with Crippen molar-refractivity contribution in [1.29, 1.82) is 0 Å². The first kappa shape index (κ1) is 16.4. The summed E-state index contributed by atoms with van der Waals surface area (Å²) in [4.78, 5) is 11.4. The van der Waals surface area contributed by atoms with Crippen LogP contribution in [0, 0.1) is 12.8 Å². The Morgan fingerprint density at radius 3 is 2.67 bits per heavy atom. The monoisotopic (exact) mass is 290 g/mol. The standard InChI is InChI=1S/C17H30N4/c1-6-17(7-2)12-21(16(10-19-17)13(3)4)11-15-8-9-18-14(5)20-15/h8-9,13,16,19H,6-7,10-12H2,1-5H3. The van der Waals surface area contributed by atoms with Crippen molar-refractivity contribution in [2.45, 2.75) is 65.6 Å². The Morgan fingerprint density at radius 1 is 1.38 bits per heavy atom. The van der Waals surface area contributed by atoms with Crippen LogP contribution >= 0.6 is 0 Å². The van der Waals surface area contributed by atoms with Crippen LogP contribution in [-0.4, -0.2) is 39.5 Å². The Morgan fingerprint density at radius 2 is 2.10 bits per heavy atom. The molecule has 2 heterocycles. The SMILES string of the molecule is CCC1(CC)CN(Cc2ccnc(C)n2)C(C(C)C)CN1. The summed E-state index contributed by atoms with van der Waals surface area (Å²) in [6, 6.07) is 2.62. The smallest absolute Gasteiger partial charge is 0.125 e. The third kappa shape index (κ3) is 3.80. The number of nitrogens with one attached hydrogen (secondary N) is 1. The number of hydrogen-bond donors (Lipinski definition) is 1. The molecule has 2 rings (SSSR count). The van der Waals surface area contributed by atoms with E-state index in [0.29, 0.717) is 12.0 Å². The predicted molar refractivity (Wildman–Crippen MR) is 87.1 cm³/mol. The van der Waals surface area contributed by atoms with Gasteiger partial charge in [0, 0.05) is 37.4 Å². The third-order valence-electron chi connectivity index (χ3n) is 4.98. The number of aromatic nitrogens is 2. The highest BCUT2D eigenvalue weighted by molar-refractivity contribution is 5.05. The normalized spacial score (nSPS) is 22.7. The van der Waals surface area contributed by atoms with E-state index < -0.39 is 0 Å². The molecule has 0 radical (unpaired) electrons. The average Bonchev–Trinajstić information content (AvgIpc) is 2.47. The molecule has 118 valence electrons. The lowest BCUT2D eigenvalue weighted by Gasteiger charge is -2.48. The van der Waals surface area contributed by atoms with E-state index in [-0.39, 0.29) is 5.54 Å². The lowest BCUT2D eigenvalue weighted by Crippen LogP contribution is -2.64. The molecule has 0 amide bonds. The second-order valence-electron chi connectivity index (χ2n) is 6.68. The Kier molecular flexibility index (Phi) is 5.33. The van der Waals surface area contributed by atoms with Crippen molar-refractivity contribution in [3.63, 3.8) is 0 Å². The van der Waals surface area contributed by atoms with E-state index in [9.17, 15) is 0 Å². The lowest BCUT2D eigenvalue weighted by atomic mass is 9.86. The second kappa shape index (κ2) is 6.84. The van der Waals surface area contributed by atoms with Crippen LogP contribution in [-0.2, 0) is 6.54 Å². The van der Waals surface area contributed by atoms with E-state index in [2.05, 4.69) is 47.9 Å². The van der Waals surface area contributed by atoms with Gasteiger partial charge in [0.2, 0.25) is 0 Å². The number of piperazine rings is 1.